The molecule has 0 amide bonds. The van der Waals surface area contributed by atoms with E-state index >= 15 is 0 Å². The van der Waals surface area contributed by atoms with E-state index in [1.807, 2.05) is 0 Å². The molecule has 1 aliphatic rings. The summed E-state index contributed by atoms with van der Waals surface area (Å²) in [5, 5.41) is 8.76. The van der Waals surface area contributed by atoms with Crippen molar-refractivity contribution in [2.75, 3.05) is 0 Å². The number of hydrogen-bond acceptors (Lipinski definition) is 3. The van der Waals surface area contributed by atoms with Crippen LogP contribution in [0, 0.1) is 0 Å². The molecule has 1 aromatic heterocycles. The highest BCUT2D eigenvalue weighted by atomic mass is 16.5. The lowest BCUT2D eigenvalue weighted by atomic mass is 10.2. The molecular formula is C10H14N2O4. The maximum atomic E-state index is 11.5. The maximum absolute atomic E-state index is 11.5. The lowest BCUT2D eigenvalue weighted by Crippen LogP contribution is -2.28. The zero-order valence-electron chi connectivity index (χ0n) is 9.00. The van der Waals surface area contributed by atoms with Gasteiger partial charge in [0.15, 0.2) is 6.10 Å². The molecule has 2 heterocycles. The summed E-state index contributed by atoms with van der Waals surface area (Å²) in [5.74, 6) is -0.928. The standard InChI is InChI=1S/C10H14N2O4/c1-11-4-5-12(10(11)15)6-7-2-3-8(16-7)9(13)14/h4-5,7-8H,2-3,6H2,1H3,(H,13,14). The van der Waals surface area contributed by atoms with Gasteiger partial charge in [0.2, 0.25) is 0 Å². The maximum Gasteiger partial charge on any atom is 0.332 e. The highest BCUT2D eigenvalue weighted by Crippen LogP contribution is 2.20. The zero-order valence-corrected chi connectivity index (χ0v) is 9.00. The van der Waals surface area contributed by atoms with Gasteiger partial charge in [-0.2, -0.15) is 0 Å². The molecule has 0 aromatic carbocycles. The number of aliphatic carboxylic acids is 1. The summed E-state index contributed by atoms with van der Waals surface area (Å²) in [6, 6.07) is 0. The Balaban J connectivity index is 2.00. The SMILES string of the molecule is Cn1ccn(CC2CCC(C(=O)O)O2)c1=O. The molecule has 0 radical (unpaired) electrons. The lowest BCUT2D eigenvalue weighted by molar-refractivity contribution is -0.149. The van der Waals surface area contributed by atoms with Gasteiger partial charge < -0.3 is 14.4 Å². The van der Waals surface area contributed by atoms with Crippen molar-refractivity contribution in [3.8, 4) is 0 Å². The Morgan fingerprint density at radius 3 is 2.81 bits per heavy atom. The third-order valence-corrected chi connectivity index (χ3v) is 2.80. The van der Waals surface area contributed by atoms with Crippen LogP contribution in [0.2, 0.25) is 0 Å². The molecule has 6 nitrogen and oxygen atoms in total. The van der Waals surface area contributed by atoms with E-state index in [0.717, 1.165) is 0 Å². The second-order valence-electron chi connectivity index (χ2n) is 4.01. The summed E-state index contributed by atoms with van der Waals surface area (Å²) >= 11 is 0. The summed E-state index contributed by atoms with van der Waals surface area (Å²) in [6.45, 7) is 0.420. The molecule has 0 saturated carbocycles. The van der Waals surface area contributed by atoms with Crippen molar-refractivity contribution >= 4 is 5.97 Å². The van der Waals surface area contributed by atoms with Gasteiger partial charge in [-0.15, -0.1) is 0 Å². The zero-order chi connectivity index (χ0) is 11.7. The lowest BCUT2D eigenvalue weighted by Gasteiger charge is -2.10. The molecule has 6 heteroatoms. The molecule has 1 fully saturated rings. The summed E-state index contributed by atoms with van der Waals surface area (Å²) in [6.07, 6.45) is 3.65. The molecular weight excluding hydrogens is 212 g/mol. The fourth-order valence-corrected chi connectivity index (χ4v) is 1.89. The molecule has 0 spiro atoms. The fraction of sp³-hybridized carbons (Fsp3) is 0.600. The van der Waals surface area contributed by atoms with Gasteiger partial charge in [0.1, 0.15) is 0 Å². The Morgan fingerprint density at radius 2 is 2.31 bits per heavy atom. The average Bonchev–Trinajstić information content (AvgIpc) is 2.81. The molecule has 1 N–H and O–H groups in total. The predicted molar refractivity (Wildman–Crippen MR) is 55.2 cm³/mol. The number of carboxylic acids is 1. The number of aromatic nitrogens is 2. The van der Waals surface area contributed by atoms with Gasteiger partial charge in [0, 0.05) is 19.4 Å². The van der Waals surface area contributed by atoms with Crippen molar-refractivity contribution in [1.29, 1.82) is 0 Å². The topological polar surface area (TPSA) is 73.5 Å². The molecule has 1 saturated heterocycles. The number of carboxylic acid groups (broad SMARTS) is 1. The molecule has 16 heavy (non-hydrogen) atoms. The van der Waals surface area contributed by atoms with Gasteiger partial charge in [-0.3, -0.25) is 4.57 Å². The summed E-state index contributed by atoms with van der Waals surface area (Å²) in [5.41, 5.74) is -0.109. The smallest absolute Gasteiger partial charge is 0.332 e. The normalized spacial score (nSPS) is 24.8. The fourth-order valence-electron chi connectivity index (χ4n) is 1.89. The monoisotopic (exact) mass is 226 g/mol. The van der Waals surface area contributed by atoms with Crippen molar-refractivity contribution in [2.24, 2.45) is 7.05 Å². The largest absolute Gasteiger partial charge is 0.479 e. The summed E-state index contributed by atoms with van der Waals surface area (Å²) < 4.78 is 8.33. The van der Waals surface area contributed by atoms with E-state index in [0.29, 0.717) is 19.4 Å². The summed E-state index contributed by atoms with van der Waals surface area (Å²) in [7, 11) is 1.67. The first-order valence-corrected chi connectivity index (χ1v) is 5.18. The van der Waals surface area contributed by atoms with Crippen molar-refractivity contribution in [2.45, 2.75) is 31.6 Å². The Kier molecular flexibility index (Phi) is 2.82. The van der Waals surface area contributed by atoms with E-state index in [1.165, 1.54) is 9.13 Å². The first kappa shape index (κ1) is 10.9. The van der Waals surface area contributed by atoms with Crippen LogP contribution in [0.5, 0.6) is 0 Å². The predicted octanol–water partition coefficient (Wildman–Crippen LogP) is -0.181. The van der Waals surface area contributed by atoms with E-state index < -0.39 is 12.1 Å². The second-order valence-corrected chi connectivity index (χ2v) is 4.01. The van der Waals surface area contributed by atoms with Gasteiger partial charge in [0.05, 0.1) is 12.6 Å². The van der Waals surface area contributed by atoms with Crippen LogP contribution in [-0.2, 0) is 23.1 Å². The number of imidazole rings is 1. The minimum Gasteiger partial charge on any atom is -0.479 e. The van der Waals surface area contributed by atoms with Gasteiger partial charge >= 0.3 is 11.7 Å². The van der Waals surface area contributed by atoms with Crippen molar-refractivity contribution in [3.05, 3.63) is 22.9 Å². The number of carbonyl (C=O) groups is 1. The van der Waals surface area contributed by atoms with Crippen LogP contribution in [0.3, 0.4) is 0 Å². The van der Waals surface area contributed by atoms with E-state index in [1.54, 1.807) is 19.4 Å². The molecule has 0 aliphatic carbocycles. The molecule has 1 aliphatic heterocycles. The highest BCUT2D eigenvalue weighted by molar-refractivity contribution is 5.72. The van der Waals surface area contributed by atoms with E-state index in [-0.39, 0.29) is 11.8 Å². The number of aryl methyl sites for hydroxylation is 1. The van der Waals surface area contributed by atoms with Gasteiger partial charge in [0.25, 0.3) is 0 Å². The summed E-state index contributed by atoms with van der Waals surface area (Å²) in [4.78, 5) is 22.2. The molecule has 2 atom stereocenters. The van der Waals surface area contributed by atoms with Crippen LogP contribution in [0.25, 0.3) is 0 Å². The van der Waals surface area contributed by atoms with Crippen LogP contribution in [0.1, 0.15) is 12.8 Å². The Labute approximate surface area is 92.1 Å². The van der Waals surface area contributed by atoms with E-state index in [2.05, 4.69) is 0 Å². The minimum absolute atomic E-state index is 0.109. The number of hydrogen-bond donors (Lipinski definition) is 1. The highest BCUT2D eigenvalue weighted by Gasteiger charge is 2.30. The number of ether oxygens (including phenoxy) is 1. The van der Waals surface area contributed by atoms with Crippen molar-refractivity contribution in [3.63, 3.8) is 0 Å². The molecule has 2 unspecified atom stereocenters. The van der Waals surface area contributed by atoms with Gasteiger partial charge in [-0.25, -0.2) is 9.59 Å². The molecule has 88 valence electrons. The molecule has 1 aromatic rings. The van der Waals surface area contributed by atoms with Crippen LogP contribution in [-0.4, -0.2) is 32.4 Å². The average molecular weight is 226 g/mol. The Morgan fingerprint density at radius 1 is 1.56 bits per heavy atom. The van der Waals surface area contributed by atoms with Crippen molar-refractivity contribution in [1.82, 2.24) is 9.13 Å². The van der Waals surface area contributed by atoms with E-state index in [4.69, 9.17) is 9.84 Å². The Bertz CT molecular complexity index is 448. The van der Waals surface area contributed by atoms with Crippen LogP contribution >= 0.6 is 0 Å². The molecule has 0 bridgehead atoms. The number of rotatable bonds is 3. The van der Waals surface area contributed by atoms with Gasteiger partial charge in [-0.05, 0) is 12.8 Å². The second kappa shape index (κ2) is 4.13. The van der Waals surface area contributed by atoms with Crippen LogP contribution in [0.4, 0.5) is 0 Å². The van der Waals surface area contributed by atoms with Crippen LogP contribution < -0.4 is 5.69 Å². The third kappa shape index (κ3) is 2.01. The Hall–Kier alpha value is -1.56. The first-order valence-electron chi connectivity index (χ1n) is 5.18. The quantitative estimate of drug-likeness (QED) is 0.775. The van der Waals surface area contributed by atoms with Crippen molar-refractivity contribution < 1.29 is 14.6 Å². The van der Waals surface area contributed by atoms with E-state index in [9.17, 15) is 9.59 Å². The van der Waals surface area contributed by atoms with Gasteiger partial charge in [-0.1, -0.05) is 0 Å². The first-order chi connectivity index (χ1) is 7.58. The molecule has 2 rings (SSSR count). The van der Waals surface area contributed by atoms with Crippen LogP contribution in [0.15, 0.2) is 17.2 Å². The number of nitrogens with zero attached hydrogens (tertiary/aromatic N) is 2. The minimum atomic E-state index is -0.928. The third-order valence-electron chi connectivity index (χ3n) is 2.80.